The minimum atomic E-state index is 0.0135. The Kier molecular flexibility index (Phi) is 5.31. The average molecular weight is 387 g/mol. The molecule has 3 aromatic rings. The minimum absolute atomic E-state index is 0.0135. The highest BCUT2D eigenvalue weighted by atomic mass is 32.1. The van der Waals surface area contributed by atoms with E-state index in [1.807, 2.05) is 26.0 Å². The number of benzene rings is 1. The number of hydrogen-bond donors (Lipinski definition) is 1. The largest absolute Gasteiger partial charge is 0.494 e. The topological polar surface area (TPSA) is 62.9 Å². The Hall–Kier alpha value is -2.12. The fraction of sp³-hybridized carbons (Fsp3) is 0.500. The summed E-state index contributed by atoms with van der Waals surface area (Å²) in [6.07, 6.45) is 4.41. The fourth-order valence-electron chi connectivity index (χ4n) is 3.74. The number of thiazole rings is 1. The Morgan fingerprint density at radius 3 is 2.52 bits per heavy atom. The summed E-state index contributed by atoms with van der Waals surface area (Å²) in [6, 6.07) is 8.26. The summed E-state index contributed by atoms with van der Waals surface area (Å²) in [4.78, 5) is 8.68. The van der Waals surface area contributed by atoms with E-state index in [1.165, 1.54) is 30.6 Å². The molecule has 0 bridgehead atoms. The Labute approximate surface area is 163 Å². The van der Waals surface area contributed by atoms with Crippen molar-refractivity contribution in [2.24, 2.45) is 0 Å². The van der Waals surface area contributed by atoms with Crippen molar-refractivity contribution < 1.29 is 9.84 Å². The smallest absolute Gasteiger partial charge is 0.230 e. The van der Waals surface area contributed by atoms with Crippen molar-refractivity contribution in [2.45, 2.75) is 45.6 Å². The maximum Gasteiger partial charge on any atom is 0.230 e. The van der Waals surface area contributed by atoms with Crippen LogP contribution in [0.5, 0.6) is 11.6 Å². The number of aromatic hydroxyl groups is 1. The van der Waals surface area contributed by atoms with Gasteiger partial charge in [0.25, 0.3) is 0 Å². The number of aromatic nitrogens is 3. The van der Waals surface area contributed by atoms with E-state index in [0.717, 1.165) is 46.5 Å². The van der Waals surface area contributed by atoms with Gasteiger partial charge in [0.2, 0.25) is 10.8 Å². The number of likely N-dealkylation sites (tertiary alicyclic amines) is 1. The van der Waals surface area contributed by atoms with Crippen LogP contribution in [0.15, 0.2) is 24.3 Å². The maximum atomic E-state index is 10.9. The Morgan fingerprint density at radius 2 is 1.89 bits per heavy atom. The SMILES string of the molecule is CCOc1ccc(C(c2sc3nc(CC)nn3c2O)N2CCCCC2)cc1. The molecule has 4 rings (SSSR count). The van der Waals surface area contributed by atoms with Crippen molar-refractivity contribution in [3.8, 4) is 11.6 Å². The number of fused-ring (bicyclic) bond motifs is 1. The molecule has 1 atom stereocenters. The van der Waals surface area contributed by atoms with Gasteiger partial charge in [0.15, 0.2) is 5.82 Å². The van der Waals surface area contributed by atoms with Crippen LogP contribution in [0, 0.1) is 0 Å². The molecule has 3 heterocycles. The Morgan fingerprint density at radius 1 is 1.15 bits per heavy atom. The lowest BCUT2D eigenvalue weighted by Crippen LogP contribution is -2.34. The van der Waals surface area contributed by atoms with E-state index in [1.54, 1.807) is 4.52 Å². The van der Waals surface area contributed by atoms with E-state index in [4.69, 9.17) is 4.74 Å². The average Bonchev–Trinajstić information content (AvgIpc) is 3.24. The van der Waals surface area contributed by atoms with Crippen LogP contribution >= 0.6 is 11.3 Å². The highest BCUT2D eigenvalue weighted by Gasteiger charge is 2.30. The first kappa shape index (κ1) is 18.3. The summed E-state index contributed by atoms with van der Waals surface area (Å²) in [6.45, 7) is 6.73. The second-order valence-electron chi connectivity index (χ2n) is 6.87. The molecule has 1 N–H and O–H groups in total. The van der Waals surface area contributed by atoms with Crippen LogP contribution < -0.4 is 4.74 Å². The molecule has 0 amide bonds. The van der Waals surface area contributed by atoms with Gasteiger partial charge in [0.05, 0.1) is 17.5 Å². The number of ether oxygens (including phenoxy) is 1. The number of piperidine rings is 1. The molecule has 1 fully saturated rings. The van der Waals surface area contributed by atoms with Gasteiger partial charge in [-0.1, -0.05) is 36.8 Å². The van der Waals surface area contributed by atoms with Crippen molar-refractivity contribution >= 4 is 16.3 Å². The summed E-state index contributed by atoms with van der Waals surface area (Å²) < 4.78 is 7.18. The summed E-state index contributed by atoms with van der Waals surface area (Å²) in [7, 11) is 0. The zero-order valence-electron chi connectivity index (χ0n) is 15.9. The van der Waals surface area contributed by atoms with E-state index in [2.05, 4.69) is 27.1 Å². The molecule has 144 valence electrons. The molecule has 1 saturated heterocycles. The van der Waals surface area contributed by atoms with Crippen molar-refractivity contribution in [3.05, 3.63) is 40.5 Å². The first-order chi connectivity index (χ1) is 13.2. The molecule has 1 aliphatic rings. The fourth-order valence-corrected chi connectivity index (χ4v) is 4.87. The first-order valence-electron chi connectivity index (χ1n) is 9.75. The molecule has 1 aromatic carbocycles. The van der Waals surface area contributed by atoms with Gasteiger partial charge >= 0.3 is 0 Å². The van der Waals surface area contributed by atoms with Crippen LogP contribution in [0.1, 0.15) is 55.4 Å². The molecule has 7 heteroatoms. The molecule has 0 radical (unpaired) electrons. The lowest BCUT2D eigenvalue weighted by Gasteiger charge is -2.34. The molecular weight excluding hydrogens is 360 g/mol. The van der Waals surface area contributed by atoms with Crippen molar-refractivity contribution in [2.75, 3.05) is 19.7 Å². The van der Waals surface area contributed by atoms with Gasteiger partial charge < -0.3 is 9.84 Å². The normalized spacial score (nSPS) is 16.7. The van der Waals surface area contributed by atoms with Crippen LogP contribution in [0.25, 0.3) is 4.96 Å². The molecule has 6 nitrogen and oxygen atoms in total. The Bertz CT molecular complexity index is 897. The van der Waals surface area contributed by atoms with Gasteiger partial charge in [0.1, 0.15) is 5.75 Å². The predicted molar refractivity (Wildman–Crippen MR) is 107 cm³/mol. The quantitative estimate of drug-likeness (QED) is 0.693. The zero-order valence-corrected chi connectivity index (χ0v) is 16.7. The van der Waals surface area contributed by atoms with Gasteiger partial charge in [-0.15, -0.1) is 5.10 Å². The molecule has 1 unspecified atom stereocenters. The van der Waals surface area contributed by atoms with Crippen LogP contribution in [-0.4, -0.2) is 44.3 Å². The van der Waals surface area contributed by atoms with Gasteiger partial charge in [-0.2, -0.15) is 4.52 Å². The third-order valence-corrected chi connectivity index (χ3v) is 6.14. The van der Waals surface area contributed by atoms with Crippen molar-refractivity contribution in [1.29, 1.82) is 0 Å². The summed E-state index contributed by atoms with van der Waals surface area (Å²) in [5, 5.41) is 15.4. The number of nitrogens with zero attached hydrogens (tertiary/aromatic N) is 4. The molecule has 2 aromatic heterocycles. The highest BCUT2D eigenvalue weighted by Crippen LogP contribution is 2.41. The molecular formula is C20H26N4O2S. The number of rotatable bonds is 6. The van der Waals surface area contributed by atoms with Crippen LogP contribution in [0.4, 0.5) is 0 Å². The standard InChI is InChI=1S/C20H26N4O2S/c1-3-16-21-20-24(22-16)19(25)18(27-20)17(23-12-6-5-7-13-23)14-8-10-15(11-9-14)26-4-2/h8-11,17,25H,3-7,12-13H2,1-2H3. The monoisotopic (exact) mass is 386 g/mol. The highest BCUT2D eigenvalue weighted by molar-refractivity contribution is 7.17. The van der Waals surface area contributed by atoms with E-state index >= 15 is 0 Å². The van der Waals surface area contributed by atoms with Gasteiger partial charge in [-0.05, 0) is 50.6 Å². The second kappa shape index (κ2) is 7.86. The van der Waals surface area contributed by atoms with Gasteiger partial charge in [-0.3, -0.25) is 4.90 Å². The maximum absolute atomic E-state index is 10.9. The first-order valence-corrected chi connectivity index (χ1v) is 10.6. The second-order valence-corrected chi connectivity index (χ2v) is 7.88. The van der Waals surface area contributed by atoms with E-state index in [9.17, 15) is 5.11 Å². The molecule has 0 spiro atoms. The third kappa shape index (κ3) is 3.53. The number of aryl methyl sites for hydroxylation is 1. The summed E-state index contributed by atoms with van der Waals surface area (Å²) in [5.41, 5.74) is 1.16. The Balaban J connectivity index is 1.75. The van der Waals surface area contributed by atoms with E-state index < -0.39 is 0 Å². The van der Waals surface area contributed by atoms with E-state index in [0.29, 0.717) is 6.61 Å². The minimum Gasteiger partial charge on any atom is -0.494 e. The lowest BCUT2D eigenvalue weighted by atomic mass is 10.0. The van der Waals surface area contributed by atoms with Crippen molar-refractivity contribution in [3.63, 3.8) is 0 Å². The van der Waals surface area contributed by atoms with Crippen LogP contribution in [0.3, 0.4) is 0 Å². The van der Waals surface area contributed by atoms with Crippen LogP contribution in [0.2, 0.25) is 0 Å². The lowest BCUT2D eigenvalue weighted by molar-refractivity contribution is 0.186. The number of hydrogen-bond acceptors (Lipinski definition) is 6. The summed E-state index contributed by atoms with van der Waals surface area (Å²) in [5.74, 6) is 1.85. The van der Waals surface area contributed by atoms with Crippen molar-refractivity contribution in [1.82, 2.24) is 19.5 Å². The van der Waals surface area contributed by atoms with Gasteiger partial charge in [-0.25, -0.2) is 4.98 Å². The molecule has 0 aliphatic carbocycles. The van der Waals surface area contributed by atoms with Gasteiger partial charge in [0, 0.05) is 6.42 Å². The van der Waals surface area contributed by atoms with Crippen LogP contribution in [-0.2, 0) is 6.42 Å². The molecule has 0 saturated carbocycles. The predicted octanol–water partition coefficient (Wildman–Crippen LogP) is 4.03. The molecule has 1 aliphatic heterocycles. The third-order valence-electron chi connectivity index (χ3n) is 5.07. The molecule has 27 heavy (non-hydrogen) atoms. The zero-order chi connectivity index (χ0) is 18.8. The summed E-state index contributed by atoms with van der Waals surface area (Å²) >= 11 is 1.54. The van der Waals surface area contributed by atoms with E-state index in [-0.39, 0.29) is 11.9 Å².